The highest BCUT2D eigenvalue weighted by Gasteiger charge is 2.18. The van der Waals surface area contributed by atoms with Crippen LogP contribution in [0.2, 0.25) is 0 Å². The van der Waals surface area contributed by atoms with Crippen molar-refractivity contribution in [1.29, 1.82) is 0 Å². The Morgan fingerprint density at radius 1 is 0.364 bits per heavy atom. The van der Waals surface area contributed by atoms with Gasteiger partial charge in [-0.05, 0) is 39.1 Å². The molecule has 0 atom stereocenters. The Morgan fingerprint density at radius 3 is 1.70 bits per heavy atom. The first kappa shape index (κ1) is 17.2. The Bertz CT molecular complexity index is 2070. The van der Waals surface area contributed by atoms with Gasteiger partial charge in [-0.25, -0.2) is 0 Å². The predicted molar refractivity (Wildman–Crippen MR) is 142 cm³/mol. The lowest BCUT2D eigenvalue weighted by molar-refractivity contribution is 1.36. The monoisotopic (exact) mass is 417 g/mol. The third kappa shape index (κ3) is 2.12. The Balaban J connectivity index is 1.87. The summed E-state index contributed by atoms with van der Waals surface area (Å²) in [6, 6.07) is 42.3. The van der Waals surface area contributed by atoms with Crippen molar-refractivity contribution in [1.82, 2.24) is 4.40 Å². The standard InChI is InChI=1S/C32H19N/c1-3-11-22-20(9-1)17-18-27-30-25-14-6-4-12-23(25)24-13-5-7-15-26(24)31(30)29-19-21-10-2-8-16-28(21)33(29)32(22)27/h1-19H. The molecule has 8 aromatic rings. The fraction of sp³-hybridized carbons (Fsp3) is 0. The molecule has 0 spiro atoms. The SMILES string of the molecule is c1ccc2c(c1)ccc1c3c4ccccc4c4ccccc4c3c3cc4ccccc4n3c21. The van der Waals surface area contributed by atoms with Gasteiger partial charge in [-0.2, -0.15) is 0 Å². The van der Waals surface area contributed by atoms with Crippen LogP contribution in [0.5, 0.6) is 0 Å². The highest BCUT2D eigenvalue weighted by atomic mass is 14.9. The van der Waals surface area contributed by atoms with Crippen LogP contribution in [0.3, 0.4) is 0 Å². The van der Waals surface area contributed by atoms with Gasteiger partial charge in [0, 0.05) is 26.9 Å². The minimum atomic E-state index is 1.26. The highest BCUT2D eigenvalue weighted by Crippen LogP contribution is 2.44. The quantitative estimate of drug-likeness (QED) is 0.217. The van der Waals surface area contributed by atoms with Crippen molar-refractivity contribution in [2.45, 2.75) is 0 Å². The van der Waals surface area contributed by atoms with Crippen LogP contribution in [0.25, 0.3) is 70.4 Å². The van der Waals surface area contributed by atoms with E-state index in [9.17, 15) is 0 Å². The van der Waals surface area contributed by atoms with Crippen LogP contribution in [0.1, 0.15) is 0 Å². The minimum absolute atomic E-state index is 1.26. The van der Waals surface area contributed by atoms with Crippen molar-refractivity contribution in [3.05, 3.63) is 115 Å². The van der Waals surface area contributed by atoms with E-state index in [0.29, 0.717) is 0 Å². The largest absolute Gasteiger partial charge is 0.308 e. The molecule has 0 saturated carbocycles. The van der Waals surface area contributed by atoms with Crippen LogP contribution in [0, 0.1) is 0 Å². The molecule has 0 aliphatic carbocycles. The summed E-state index contributed by atoms with van der Waals surface area (Å²) < 4.78 is 2.50. The molecule has 0 radical (unpaired) electrons. The fourth-order valence-corrected chi connectivity index (χ4v) is 5.96. The molecule has 0 fully saturated rings. The van der Waals surface area contributed by atoms with E-state index in [1.165, 1.54) is 70.4 Å². The van der Waals surface area contributed by atoms with E-state index in [4.69, 9.17) is 0 Å². The smallest absolute Gasteiger partial charge is 0.0619 e. The second-order valence-electron chi connectivity index (χ2n) is 8.95. The molecule has 2 heterocycles. The van der Waals surface area contributed by atoms with Crippen molar-refractivity contribution < 1.29 is 0 Å². The molecule has 0 saturated heterocycles. The van der Waals surface area contributed by atoms with Crippen LogP contribution in [0.4, 0.5) is 0 Å². The van der Waals surface area contributed by atoms with E-state index in [2.05, 4.69) is 120 Å². The molecule has 1 heteroatoms. The number of fused-ring (bicyclic) bond motifs is 15. The molecule has 0 aliphatic rings. The third-order valence-corrected chi connectivity index (χ3v) is 7.29. The predicted octanol–water partition coefficient (Wildman–Crippen LogP) is 8.86. The van der Waals surface area contributed by atoms with Gasteiger partial charge < -0.3 is 4.40 Å². The minimum Gasteiger partial charge on any atom is -0.308 e. The highest BCUT2D eigenvalue weighted by molar-refractivity contribution is 6.36. The Kier molecular flexibility index (Phi) is 3.19. The van der Waals surface area contributed by atoms with Gasteiger partial charge in [-0.3, -0.25) is 0 Å². The summed E-state index contributed by atoms with van der Waals surface area (Å²) in [4.78, 5) is 0. The van der Waals surface area contributed by atoms with E-state index < -0.39 is 0 Å². The first-order valence-electron chi connectivity index (χ1n) is 11.5. The zero-order chi connectivity index (χ0) is 21.5. The van der Waals surface area contributed by atoms with Gasteiger partial charge in [0.25, 0.3) is 0 Å². The van der Waals surface area contributed by atoms with Gasteiger partial charge in [0.05, 0.1) is 16.6 Å². The van der Waals surface area contributed by atoms with E-state index >= 15 is 0 Å². The Labute approximate surface area is 190 Å². The van der Waals surface area contributed by atoms with Crippen LogP contribution < -0.4 is 0 Å². The van der Waals surface area contributed by atoms with E-state index in [0.717, 1.165) is 0 Å². The summed E-state index contributed by atoms with van der Waals surface area (Å²) in [5, 5.41) is 13.1. The van der Waals surface area contributed by atoms with Crippen LogP contribution in [-0.4, -0.2) is 4.40 Å². The molecule has 0 aliphatic heterocycles. The Hall–Kier alpha value is -4.36. The molecule has 0 amide bonds. The normalized spacial score (nSPS) is 12.2. The molecule has 1 nitrogen and oxygen atoms in total. The summed E-state index contributed by atoms with van der Waals surface area (Å²) in [7, 11) is 0. The van der Waals surface area contributed by atoms with Crippen molar-refractivity contribution in [3.8, 4) is 0 Å². The van der Waals surface area contributed by atoms with Crippen molar-refractivity contribution >= 4 is 70.4 Å². The van der Waals surface area contributed by atoms with Gasteiger partial charge in [0.1, 0.15) is 0 Å². The molecule has 0 bridgehead atoms. The summed E-state index contributed by atoms with van der Waals surface area (Å²) in [5.74, 6) is 0. The number of hydrogen-bond donors (Lipinski definition) is 0. The summed E-state index contributed by atoms with van der Waals surface area (Å²) >= 11 is 0. The summed E-state index contributed by atoms with van der Waals surface area (Å²) in [6.07, 6.45) is 0. The fourth-order valence-electron chi connectivity index (χ4n) is 5.96. The lowest BCUT2D eigenvalue weighted by Gasteiger charge is -2.17. The maximum atomic E-state index is 2.50. The van der Waals surface area contributed by atoms with Crippen LogP contribution in [0.15, 0.2) is 115 Å². The van der Waals surface area contributed by atoms with Crippen LogP contribution >= 0.6 is 0 Å². The maximum absolute atomic E-state index is 2.50. The zero-order valence-corrected chi connectivity index (χ0v) is 17.9. The average molecular weight is 418 g/mol. The molecular weight excluding hydrogens is 398 g/mol. The molecular formula is C32H19N. The number of rotatable bonds is 0. The summed E-state index contributed by atoms with van der Waals surface area (Å²) in [6.45, 7) is 0. The van der Waals surface area contributed by atoms with Crippen molar-refractivity contribution in [3.63, 3.8) is 0 Å². The van der Waals surface area contributed by atoms with E-state index in [1.807, 2.05) is 0 Å². The molecule has 33 heavy (non-hydrogen) atoms. The average Bonchev–Trinajstić information content (AvgIpc) is 3.27. The maximum Gasteiger partial charge on any atom is 0.0619 e. The van der Waals surface area contributed by atoms with Crippen LogP contribution in [-0.2, 0) is 0 Å². The molecule has 152 valence electrons. The second-order valence-corrected chi connectivity index (χ2v) is 8.95. The number of aromatic nitrogens is 1. The number of hydrogen-bond acceptors (Lipinski definition) is 0. The molecule has 8 rings (SSSR count). The number of para-hydroxylation sites is 1. The second kappa shape index (κ2) is 6.11. The number of nitrogens with zero attached hydrogens (tertiary/aromatic N) is 1. The van der Waals surface area contributed by atoms with E-state index in [-0.39, 0.29) is 0 Å². The first-order chi connectivity index (χ1) is 16.4. The summed E-state index contributed by atoms with van der Waals surface area (Å²) in [5.41, 5.74) is 3.82. The van der Waals surface area contributed by atoms with Gasteiger partial charge in [0.2, 0.25) is 0 Å². The van der Waals surface area contributed by atoms with Crippen molar-refractivity contribution in [2.24, 2.45) is 0 Å². The van der Waals surface area contributed by atoms with Gasteiger partial charge in [0.15, 0.2) is 0 Å². The lowest BCUT2D eigenvalue weighted by Crippen LogP contribution is -1.94. The van der Waals surface area contributed by atoms with Crippen molar-refractivity contribution in [2.75, 3.05) is 0 Å². The molecule has 0 unspecified atom stereocenters. The molecule has 0 N–H and O–H groups in total. The Morgan fingerprint density at radius 2 is 0.939 bits per heavy atom. The van der Waals surface area contributed by atoms with Gasteiger partial charge in [-0.1, -0.05) is 103 Å². The zero-order valence-electron chi connectivity index (χ0n) is 17.9. The number of pyridine rings is 1. The van der Waals surface area contributed by atoms with Gasteiger partial charge in [-0.15, -0.1) is 0 Å². The number of benzene rings is 6. The van der Waals surface area contributed by atoms with Gasteiger partial charge >= 0.3 is 0 Å². The first-order valence-corrected chi connectivity index (χ1v) is 11.5. The third-order valence-electron chi connectivity index (χ3n) is 7.29. The molecule has 2 aromatic heterocycles. The molecule has 6 aromatic carbocycles. The lowest BCUT2D eigenvalue weighted by atomic mass is 9.91. The topological polar surface area (TPSA) is 4.41 Å². The van der Waals surface area contributed by atoms with E-state index in [1.54, 1.807) is 0 Å².